The number of benzene rings is 6. The van der Waals surface area contributed by atoms with Crippen molar-refractivity contribution in [3.8, 4) is 11.1 Å². The van der Waals surface area contributed by atoms with Crippen molar-refractivity contribution in [2.75, 3.05) is 0 Å². The second-order valence-electron chi connectivity index (χ2n) is 12.7. The van der Waals surface area contributed by atoms with Gasteiger partial charge in [0.2, 0.25) is 0 Å². The van der Waals surface area contributed by atoms with Crippen molar-refractivity contribution >= 4 is 87.1 Å². The van der Waals surface area contributed by atoms with Crippen molar-refractivity contribution < 1.29 is 8.83 Å². The maximum atomic E-state index is 6.60. The quantitative estimate of drug-likeness (QED) is 0.203. The van der Waals surface area contributed by atoms with Crippen LogP contribution in [0.1, 0.15) is 22.9 Å². The molecule has 4 heterocycles. The fourth-order valence-corrected chi connectivity index (χ4v) is 8.87. The molecule has 0 spiro atoms. The molecule has 1 aliphatic heterocycles. The minimum atomic E-state index is -0.443. The van der Waals surface area contributed by atoms with E-state index >= 15 is 0 Å². The number of para-hydroxylation sites is 1. The fraction of sp³-hybridized carbons (Fsp3) is 0.0222. The van der Waals surface area contributed by atoms with E-state index in [1.807, 2.05) is 72.0 Å². The van der Waals surface area contributed by atoms with Crippen LogP contribution in [0.5, 0.6) is 0 Å². The van der Waals surface area contributed by atoms with Crippen LogP contribution >= 0.6 is 11.3 Å². The van der Waals surface area contributed by atoms with Gasteiger partial charge in [0, 0.05) is 64.0 Å². The molecule has 0 radical (unpaired) electrons. The lowest BCUT2D eigenvalue weighted by atomic mass is 9.95. The first kappa shape index (κ1) is 28.2. The van der Waals surface area contributed by atoms with Gasteiger partial charge in [-0.25, -0.2) is 9.98 Å². The van der Waals surface area contributed by atoms with E-state index in [0.717, 1.165) is 66.1 Å². The summed E-state index contributed by atoms with van der Waals surface area (Å²) in [6.07, 6.45) is -0.443. The number of hydrogen-bond acceptors (Lipinski definition) is 6. The highest BCUT2D eigenvalue weighted by molar-refractivity contribution is 7.26. The monoisotopic (exact) mass is 671 g/mol. The predicted octanol–water partition coefficient (Wildman–Crippen LogP) is 11.6. The molecule has 1 aliphatic rings. The van der Waals surface area contributed by atoms with Gasteiger partial charge in [0.05, 0.1) is 0 Å². The number of aliphatic imine (C=N–C) groups is 2. The maximum absolute atomic E-state index is 6.60. The van der Waals surface area contributed by atoms with Gasteiger partial charge in [-0.3, -0.25) is 0 Å². The van der Waals surface area contributed by atoms with Gasteiger partial charge in [-0.2, -0.15) is 0 Å². The summed E-state index contributed by atoms with van der Waals surface area (Å²) < 4.78 is 15.4. The summed E-state index contributed by atoms with van der Waals surface area (Å²) in [5, 5.41) is 10.3. The van der Waals surface area contributed by atoms with Crippen LogP contribution in [0.25, 0.3) is 75.2 Å². The largest absolute Gasteiger partial charge is 0.456 e. The summed E-state index contributed by atoms with van der Waals surface area (Å²) >= 11 is 1.83. The molecule has 1 unspecified atom stereocenters. The molecule has 0 amide bonds. The molecule has 51 heavy (non-hydrogen) atoms. The van der Waals surface area contributed by atoms with Crippen molar-refractivity contribution in [2.24, 2.45) is 9.98 Å². The van der Waals surface area contributed by atoms with Crippen LogP contribution in [0.15, 0.2) is 158 Å². The minimum absolute atomic E-state index is 0.443. The van der Waals surface area contributed by atoms with Gasteiger partial charge < -0.3 is 14.2 Å². The van der Waals surface area contributed by atoms with E-state index in [4.69, 9.17) is 18.8 Å². The molecule has 238 valence electrons. The topological polar surface area (TPSA) is 63.0 Å². The molecule has 0 aliphatic carbocycles. The first-order chi connectivity index (χ1) is 25.3. The van der Waals surface area contributed by atoms with Gasteiger partial charge in [-0.15, -0.1) is 11.3 Å². The number of nitrogens with one attached hydrogen (secondary N) is 1. The van der Waals surface area contributed by atoms with Crippen molar-refractivity contribution in [1.82, 2.24) is 5.32 Å². The van der Waals surface area contributed by atoms with Gasteiger partial charge in [-0.05, 0) is 54.1 Å². The molecule has 0 saturated heterocycles. The highest BCUT2D eigenvalue weighted by Crippen LogP contribution is 2.45. The number of nitrogens with zero attached hydrogens (tertiary/aromatic N) is 2. The summed E-state index contributed by atoms with van der Waals surface area (Å²) in [6, 6.07) is 53.9. The number of thiophene rings is 1. The van der Waals surface area contributed by atoms with Gasteiger partial charge in [0.1, 0.15) is 34.3 Å². The van der Waals surface area contributed by atoms with E-state index in [2.05, 4.69) is 96.3 Å². The average molecular weight is 672 g/mol. The molecular weight excluding hydrogens is 647 g/mol. The van der Waals surface area contributed by atoms with E-state index in [0.29, 0.717) is 11.7 Å². The van der Waals surface area contributed by atoms with Gasteiger partial charge in [0.25, 0.3) is 0 Å². The number of hydrogen-bond donors (Lipinski definition) is 1. The predicted molar refractivity (Wildman–Crippen MR) is 209 cm³/mol. The third-order valence-electron chi connectivity index (χ3n) is 9.86. The molecule has 1 N–H and O–H groups in total. The first-order valence-electron chi connectivity index (χ1n) is 16.8. The lowest BCUT2D eigenvalue weighted by Gasteiger charge is -2.24. The second-order valence-corrected chi connectivity index (χ2v) is 13.8. The van der Waals surface area contributed by atoms with E-state index in [-0.39, 0.29) is 0 Å². The van der Waals surface area contributed by atoms with Crippen molar-refractivity contribution in [2.45, 2.75) is 6.17 Å². The van der Waals surface area contributed by atoms with Crippen molar-refractivity contribution in [3.63, 3.8) is 0 Å². The third-order valence-corrected chi connectivity index (χ3v) is 11.1. The summed E-state index contributed by atoms with van der Waals surface area (Å²) in [6.45, 7) is 0. The van der Waals surface area contributed by atoms with Gasteiger partial charge in [0.15, 0.2) is 5.84 Å². The summed E-state index contributed by atoms with van der Waals surface area (Å²) in [7, 11) is 0. The lowest BCUT2D eigenvalue weighted by molar-refractivity contribution is 0.662. The van der Waals surface area contributed by atoms with Crippen LogP contribution < -0.4 is 5.32 Å². The van der Waals surface area contributed by atoms with Crippen molar-refractivity contribution in [1.29, 1.82) is 0 Å². The Hall–Kier alpha value is -6.68. The van der Waals surface area contributed by atoms with E-state index in [9.17, 15) is 0 Å². The average Bonchev–Trinajstić information content (AvgIpc) is 3.89. The summed E-state index contributed by atoms with van der Waals surface area (Å²) in [4.78, 5) is 10.6. The summed E-state index contributed by atoms with van der Waals surface area (Å²) in [5.74, 6) is 1.33. The number of rotatable bonds is 4. The maximum Gasteiger partial charge on any atom is 0.160 e. The molecule has 3 aromatic heterocycles. The third kappa shape index (κ3) is 4.29. The summed E-state index contributed by atoms with van der Waals surface area (Å²) in [5.41, 5.74) is 8.40. The Labute approximate surface area is 295 Å². The van der Waals surface area contributed by atoms with E-state index in [1.54, 1.807) is 0 Å². The minimum Gasteiger partial charge on any atom is -0.456 e. The smallest absolute Gasteiger partial charge is 0.160 e. The standard InChI is InChI=1S/C45H25N3O2S/c1-2-12-26(13-3-1)43-46-44(32-19-10-22-35-39(32)31-15-4-6-21-34(31)49-35)48-45(47-43)33-20-11-24-37-41(33)40-28(16-9-23-36(40)50-37)30-18-8-17-29-27-14-5-7-25-38(27)51-42(29)30/h2,4-25,44H,(H,46,47,48). The second kappa shape index (κ2) is 10.9. The van der Waals surface area contributed by atoms with E-state index in [1.165, 1.54) is 25.7 Å². The molecule has 0 fully saturated rings. The Morgan fingerprint density at radius 3 is 2.10 bits per heavy atom. The van der Waals surface area contributed by atoms with Crippen LogP contribution in [0.2, 0.25) is 0 Å². The Balaban J connectivity index is 1.17. The van der Waals surface area contributed by atoms with Crippen molar-refractivity contribution in [3.05, 3.63) is 168 Å². The zero-order valence-corrected chi connectivity index (χ0v) is 27.8. The molecule has 0 saturated carbocycles. The lowest BCUT2D eigenvalue weighted by Crippen LogP contribution is -2.33. The number of amidine groups is 2. The molecule has 1 atom stereocenters. The Morgan fingerprint density at radius 2 is 1.24 bits per heavy atom. The van der Waals surface area contributed by atoms with Crippen LogP contribution in [-0.2, 0) is 0 Å². The van der Waals surface area contributed by atoms with Crippen LogP contribution in [0.3, 0.4) is 0 Å². The molecule has 5 nitrogen and oxygen atoms in total. The number of fused-ring (bicyclic) bond motifs is 9. The molecule has 6 heteroatoms. The first-order valence-corrected chi connectivity index (χ1v) is 17.7. The highest BCUT2D eigenvalue weighted by Gasteiger charge is 2.27. The zero-order valence-electron chi connectivity index (χ0n) is 27.0. The van der Waals surface area contributed by atoms with Gasteiger partial charge in [-0.1, -0.05) is 103 Å². The molecule has 7 aromatic carbocycles. The fourth-order valence-electron chi connectivity index (χ4n) is 7.64. The van der Waals surface area contributed by atoms with Gasteiger partial charge >= 0.3 is 0 Å². The molecule has 0 bridgehead atoms. The molecule has 11 rings (SSSR count). The van der Waals surface area contributed by atoms with E-state index < -0.39 is 6.17 Å². The highest BCUT2D eigenvalue weighted by atomic mass is 32.1. The normalized spacial score (nSPS) is 14.7. The Morgan fingerprint density at radius 1 is 0.569 bits per heavy atom. The van der Waals surface area contributed by atoms with Crippen LogP contribution in [0, 0.1) is 12.1 Å². The van der Waals surface area contributed by atoms with Crippen LogP contribution in [-0.4, -0.2) is 11.7 Å². The number of furan rings is 2. The molecule has 10 aromatic rings. The van der Waals surface area contributed by atoms with Crippen LogP contribution in [0.4, 0.5) is 0 Å². The molecular formula is C45H25N3O2S. The Kier molecular flexibility index (Phi) is 6.03. The Bertz CT molecular complexity index is 3070. The SMILES string of the molecule is c1ccc(C2=NC(c3cccc4oc5cccc(-c6cccc7c6sc6ccccc67)c5c34)=NC(c3cccc4oc5ccccc5c34)N2)cc#1. The zero-order chi connectivity index (χ0) is 33.5.